The molecule has 1 aromatic carbocycles. The van der Waals surface area contributed by atoms with Crippen LogP contribution in [-0.4, -0.2) is 10.7 Å². The Morgan fingerprint density at radius 3 is 2.71 bits per heavy atom. The first-order valence-electron chi connectivity index (χ1n) is 6.84. The zero-order valence-corrected chi connectivity index (χ0v) is 14.4. The number of thiazole rings is 1. The molecule has 0 unspecified atom stereocenters. The maximum atomic E-state index is 9.42. The highest BCUT2D eigenvalue weighted by Gasteiger charge is 2.18. The fourth-order valence-electron chi connectivity index (χ4n) is 1.82. The Labute approximate surface area is 134 Å². The molecule has 0 atom stereocenters. The molecular formula is C16H19N3S2. The summed E-state index contributed by atoms with van der Waals surface area (Å²) < 4.78 is 0. The van der Waals surface area contributed by atoms with E-state index in [9.17, 15) is 5.26 Å². The second kappa shape index (κ2) is 6.50. The largest absolute Gasteiger partial charge is 0.330 e. The summed E-state index contributed by atoms with van der Waals surface area (Å²) in [5.74, 6) is 0.948. The Morgan fingerprint density at radius 1 is 1.38 bits per heavy atom. The summed E-state index contributed by atoms with van der Waals surface area (Å²) in [6, 6.07) is 8.18. The smallest absolute Gasteiger partial charge is 0.187 e. The first kappa shape index (κ1) is 15.9. The number of anilines is 2. The van der Waals surface area contributed by atoms with Crippen LogP contribution in [0.1, 0.15) is 39.0 Å². The van der Waals surface area contributed by atoms with E-state index in [0.29, 0.717) is 5.56 Å². The van der Waals surface area contributed by atoms with Crippen molar-refractivity contribution in [3.8, 4) is 6.07 Å². The van der Waals surface area contributed by atoms with Crippen LogP contribution in [0.25, 0.3) is 0 Å². The molecule has 1 N–H and O–H groups in total. The maximum Gasteiger partial charge on any atom is 0.187 e. The summed E-state index contributed by atoms with van der Waals surface area (Å²) in [5, 5.41) is 15.6. The number of rotatable bonds is 4. The number of nitrogens with zero attached hydrogens (tertiary/aromatic N) is 2. The normalized spacial score (nSPS) is 11.2. The third kappa shape index (κ3) is 3.78. The van der Waals surface area contributed by atoms with E-state index in [1.54, 1.807) is 23.1 Å². The Bertz CT molecular complexity index is 663. The lowest BCUT2D eigenvalue weighted by Crippen LogP contribution is -2.11. The van der Waals surface area contributed by atoms with Gasteiger partial charge in [-0.1, -0.05) is 33.8 Å². The molecule has 0 aliphatic carbocycles. The zero-order valence-electron chi connectivity index (χ0n) is 12.7. The summed E-state index contributed by atoms with van der Waals surface area (Å²) in [6.07, 6.45) is 0. The molecule has 1 aromatic heterocycles. The topological polar surface area (TPSA) is 48.7 Å². The SMILES string of the molecule is CCSc1cccc(Nc2nc(C(C)(C)C)cs2)c1C#N. The number of hydrogen-bond acceptors (Lipinski definition) is 5. The van der Waals surface area contributed by atoms with E-state index in [0.717, 1.165) is 27.2 Å². The van der Waals surface area contributed by atoms with Gasteiger partial charge in [0.15, 0.2) is 5.13 Å². The van der Waals surface area contributed by atoms with Crippen molar-refractivity contribution in [1.29, 1.82) is 5.26 Å². The lowest BCUT2D eigenvalue weighted by atomic mass is 9.93. The number of hydrogen-bond donors (Lipinski definition) is 1. The minimum absolute atomic E-state index is 0.0361. The minimum atomic E-state index is 0.0361. The predicted molar refractivity (Wildman–Crippen MR) is 91.7 cm³/mol. The number of aromatic nitrogens is 1. The fourth-order valence-corrected chi connectivity index (χ4v) is 3.55. The van der Waals surface area contributed by atoms with Gasteiger partial charge in [0.1, 0.15) is 6.07 Å². The van der Waals surface area contributed by atoms with Gasteiger partial charge in [0.05, 0.1) is 16.9 Å². The molecule has 0 saturated heterocycles. The summed E-state index contributed by atoms with van der Waals surface area (Å²) >= 11 is 3.25. The van der Waals surface area contributed by atoms with Crippen molar-refractivity contribution in [2.45, 2.75) is 38.0 Å². The highest BCUT2D eigenvalue weighted by molar-refractivity contribution is 7.99. The van der Waals surface area contributed by atoms with Crippen molar-refractivity contribution < 1.29 is 0 Å². The summed E-state index contributed by atoms with van der Waals surface area (Å²) in [5.41, 5.74) is 2.62. The van der Waals surface area contributed by atoms with Crippen LogP contribution in [0.15, 0.2) is 28.5 Å². The summed E-state index contributed by atoms with van der Waals surface area (Å²) in [4.78, 5) is 5.63. The molecule has 0 fully saturated rings. The van der Waals surface area contributed by atoms with Crippen LogP contribution in [0.2, 0.25) is 0 Å². The molecule has 2 rings (SSSR count). The van der Waals surface area contributed by atoms with Gasteiger partial charge in [0.2, 0.25) is 0 Å². The molecule has 0 aliphatic heterocycles. The van der Waals surface area contributed by atoms with Gasteiger partial charge in [-0.05, 0) is 17.9 Å². The molecule has 5 heteroatoms. The van der Waals surface area contributed by atoms with E-state index >= 15 is 0 Å². The number of nitriles is 1. The molecular weight excluding hydrogens is 298 g/mol. The average Bonchev–Trinajstić information content (AvgIpc) is 2.88. The van der Waals surface area contributed by atoms with Crippen LogP contribution in [0.4, 0.5) is 10.8 Å². The van der Waals surface area contributed by atoms with Gasteiger partial charge in [0, 0.05) is 15.7 Å². The van der Waals surface area contributed by atoms with E-state index in [4.69, 9.17) is 0 Å². The highest BCUT2D eigenvalue weighted by Crippen LogP contribution is 2.32. The molecule has 1 heterocycles. The van der Waals surface area contributed by atoms with Gasteiger partial charge in [-0.15, -0.1) is 23.1 Å². The minimum Gasteiger partial charge on any atom is -0.330 e. The summed E-state index contributed by atoms with van der Waals surface area (Å²) in [7, 11) is 0. The van der Waals surface area contributed by atoms with Crippen molar-refractivity contribution in [3.05, 3.63) is 34.8 Å². The molecule has 0 radical (unpaired) electrons. The Kier molecular flexibility index (Phi) is 4.92. The van der Waals surface area contributed by atoms with Crippen LogP contribution in [-0.2, 0) is 5.41 Å². The van der Waals surface area contributed by atoms with Gasteiger partial charge in [0.25, 0.3) is 0 Å². The molecule has 0 saturated carbocycles. The van der Waals surface area contributed by atoms with E-state index in [2.05, 4.69) is 49.4 Å². The fraction of sp³-hybridized carbons (Fsp3) is 0.375. The number of benzene rings is 1. The quantitative estimate of drug-likeness (QED) is 0.790. The van der Waals surface area contributed by atoms with Crippen molar-refractivity contribution in [3.63, 3.8) is 0 Å². The molecule has 0 bridgehead atoms. The molecule has 0 amide bonds. The van der Waals surface area contributed by atoms with Gasteiger partial charge in [-0.2, -0.15) is 5.26 Å². The second-order valence-electron chi connectivity index (χ2n) is 5.64. The molecule has 3 nitrogen and oxygen atoms in total. The van der Waals surface area contributed by atoms with Gasteiger partial charge < -0.3 is 5.32 Å². The molecule has 2 aromatic rings. The van der Waals surface area contributed by atoms with E-state index in [1.165, 1.54) is 0 Å². The Morgan fingerprint density at radius 2 is 2.14 bits per heavy atom. The van der Waals surface area contributed by atoms with Crippen LogP contribution in [0.3, 0.4) is 0 Å². The van der Waals surface area contributed by atoms with E-state index in [1.807, 2.05) is 18.2 Å². The van der Waals surface area contributed by atoms with E-state index in [-0.39, 0.29) is 5.41 Å². The van der Waals surface area contributed by atoms with Crippen LogP contribution in [0.5, 0.6) is 0 Å². The lowest BCUT2D eigenvalue weighted by Gasteiger charge is -2.14. The van der Waals surface area contributed by atoms with Crippen LogP contribution in [0, 0.1) is 11.3 Å². The Hall–Kier alpha value is -1.51. The van der Waals surface area contributed by atoms with Gasteiger partial charge >= 0.3 is 0 Å². The third-order valence-corrected chi connectivity index (χ3v) is 4.65. The molecule has 0 aliphatic rings. The van der Waals surface area contributed by atoms with Crippen molar-refractivity contribution in [1.82, 2.24) is 4.98 Å². The van der Waals surface area contributed by atoms with Gasteiger partial charge in [-0.25, -0.2) is 4.98 Å². The average molecular weight is 317 g/mol. The monoisotopic (exact) mass is 317 g/mol. The van der Waals surface area contributed by atoms with Gasteiger partial charge in [-0.3, -0.25) is 0 Å². The predicted octanol–water partition coefficient (Wildman–Crippen LogP) is 5.17. The molecule has 21 heavy (non-hydrogen) atoms. The number of nitrogens with one attached hydrogen (secondary N) is 1. The zero-order chi connectivity index (χ0) is 15.5. The van der Waals surface area contributed by atoms with Crippen LogP contribution < -0.4 is 5.32 Å². The van der Waals surface area contributed by atoms with Crippen molar-refractivity contribution in [2.24, 2.45) is 0 Å². The van der Waals surface area contributed by atoms with Crippen molar-refractivity contribution >= 4 is 33.9 Å². The first-order valence-corrected chi connectivity index (χ1v) is 8.71. The second-order valence-corrected chi connectivity index (χ2v) is 7.80. The van der Waals surface area contributed by atoms with Crippen molar-refractivity contribution in [2.75, 3.05) is 11.1 Å². The Balaban J connectivity index is 2.30. The molecule has 110 valence electrons. The third-order valence-electron chi connectivity index (χ3n) is 2.95. The maximum absolute atomic E-state index is 9.42. The highest BCUT2D eigenvalue weighted by atomic mass is 32.2. The lowest BCUT2D eigenvalue weighted by molar-refractivity contribution is 0.573. The standard InChI is InChI=1S/C16H19N3S2/c1-5-20-13-8-6-7-12(11(13)9-17)18-15-19-14(10-21-15)16(2,3)4/h6-8,10H,5H2,1-4H3,(H,18,19). The number of thioether (sulfide) groups is 1. The summed E-state index contributed by atoms with van der Waals surface area (Å²) in [6.45, 7) is 8.52. The first-order chi connectivity index (χ1) is 9.95. The van der Waals surface area contributed by atoms with Crippen LogP contribution >= 0.6 is 23.1 Å². The molecule has 0 spiro atoms. The van der Waals surface area contributed by atoms with E-state index < -0.39 is 0 Å².